The molecular formula is C14H20F2N2O2. The monoisotopic (exact) mass is 286 g/mol. The molecule has 0 unspecified atom stereocenters. The summed E-state index contributed by atoms with van der Waals surface area (Å²) in [6.45, 7) is -0.931. The number of hydrogen-bond donors (Lipinski definition) is 2. The minimum Gasteiger partial charge on any atom is -0.435 e. The number of aliphatic hydroxyl groups is 1. The number of ether oxygens (including phenoxy) is 1. The van der Waals surface area contributed by atoms with Crippen LogP contribution in [0.15, 0.2) is 23.2 Å². The number of anilines is 1. The Morgan fingerprint density at radius 1 is 1.40 bits per heavy atom. The standard InChI is InChI=1S/C14H20F2N2O2/c1-2-3-4-5-10(9-19)18-13-7-6-11(8-12(13)17)20-14(15)16/h6-8,14,19H,2-5,9,17H2,1H3. The molecule has 0 spiro atoms. The molecule has 1 aromatic rings. The number of rotatable bonds is 8. The van der Waals surface area contributed by atoms with Gasteiger partial charge in [-0.25, -0.2) is 0 Å². The predicted molar refractivity (Wildman–Crippen MR) is 75.8 cm³/mol. The molecule has 0 atom stereocenters. The van der Waals surface area contributed by atoms with Gasteiger partial charge in [-0.2, -0.15) is 8.78 Å². The van der Waals surface area contributed by atoms with Crippen LogP contribution >= 0.6 is 0 Å². The smallest absolute Gasteiger partial charge is 0.387 e. The first-order chi connectivity index (χ1) is 9.56. The molecule has 4 nitrogen and oxygen atoms in total. The average Bonchev–Trinajstić information content (AvgIpc) is 2.39. The number of benzene rings is 1. The summed E-state index contributed by atoms with van der Waals surface area (Å²) in [6, 6.07) is 4.18. The SMILES string of the molecule is CCCCCC(CO)=Nc1ccc(OC(F)F)cc1N. The molecule has 0 aliphatic heterocycles. The van der Waals surface area contributed by atoms with Gasteiger partial charge in [-0.3, -0.25) is 4.99 Å². The zero-order valence-corrected chi connectivity index (χ0v) is 11.5. The lowest BCUT2D eigenvalue weighted by atomic mass is 10.1. The van der Waals surface area contributed by atoms with Gasteiger partial charge in [0, 0.05) is 11.8 Å². The van der Waals surface area contributed by atoms with Crippen molar-refractivity contribution in [1.29, 1.82) is 0 Å². The van der Waals surface area contributed by atoms with Gasteiger partial charge in [-0.1, -0.05) is 19.8 Å². The van der Waals surface area contributed by atoms with Crippen LogP contribution in [-0.2, 0) is 0 Å². The van der Waals surface area contributed by atoms with Gasteiger partial charge in [-0.15, -0.1) is 0 Å². The number of hydrogen-bond acceptors (Lipinski definition) is 4. The second-order valence-electron chi connectivity index (χ2n) is 4.39. The lowest BCUT2D eigenvalue weighted by Gasteiger charge is -2.08. The van der Waals surface area contributed by atoms with Crippen molar-refractivity contribution in [1.82, 2.24) is 0 Å². The third-order valence-electron chi connectivity index (χ3n) is 2.75. The van der Waals surface area contributed by atoms with E-state index in [0.29, 0.717) is 17.8 Å². The second-order valence-corrected chi connectivity index (χ2v) is 4.39. The highest BCUT2D eigenvalue weighted by atomic mass is 19.3. The van der Waals surface area contributed by atoms with Crippen molar-refractivity contribution in [3.8, 4) is 5.75 Å². The van der Waals surface area contributed by atoms with Crippen molar-refractivity contribution in [2.24, 2.45) is 4.99 Å². The van der Waals surface area contributed by atoms with Gasteiger partial charge in [0.05, 0.1) is 18.0 Å². The van der Waals surface area contributed by atoms with Gasteiger partial charge in [0.15, 0.2) is 0 Å². The fourth-order valence-corrected chi connectivity index (χ4v) is 1.73. The molecule has 0 aliphatic carbocycles. The number of alkyl halides is 2. The van der Waals surface area contributed by atoms with Gasteiger partial charge in [0.1, 0.15) is 5.75 Å². The van der Waals surface area contributed by atoms with Gasteiger partial charge in [-0.05, 0) is 25.0 Å². The molecule has 0 fully saturated rings. The van der Waals surface area contributed by atoms with Gasteiger partial charge < -0.3 is 15.6 Å². The summed E-state index contributed by atoms with van der Waals surface area (Å²) in [7, 11) is 0. The van der Waals surface area contributed by atoms with Gasteiger partial charge >= 0.3 is 6.61 Å². The van der Waals surface area contributed by atoms with Crippen LogP contribution < -0.4 is 10.5 Å². The minimum atomic E-state index is -2.88. The van der Waals surface area contributed by atoms with Crippen molar-refractivity contribution in [2.45, 2.75) is 39.2 Å². The van der Waals surface area contributed by atoms with E-state index in [1.165, 1.54) is 18.2 Å². The molecule has 112 valence electrons. The van der Waals surface area contributed by atoms with E-state index in [4.69, 9.17) is 5.73 Å². The topological polar surface area (TPSA) is 67.8 Å². The summed E-state index contributed by atoms with van der Waals surface area (Å²) < 4.78 is 28.4. The first-order valence-corrected chi connectivity index (χ1v) is 6.58. The number of unbranched alkanes of at least 4 members (excludes halogenated alkanes) is 2. The van der Waals surface area contributed by atoms with E-state index in [1.807, 2.05) is 0 Å². The maximum Gasteiger partial charge on any atom is 0.387 e. The zero-order valence-electron chi connectivity index (χ0n) is 11.5. The Morgan fingerprint density at radius 2 is 2.15 bits per heavy atom. The summed E-state index contributed by atoms with van der Waals surface area (Å²) in [5.41, 5.74) is 7.06. The van der Waals surface area contributed by atoms with Crippen LogP contribution in [0, 0.1) is 0 Å². The normalized spacial score (nSPS) is 11.9. The molecule has 1 aromatic carbocycles. The predicted octanol–water partition coefficient (Wildman–Crippen LogP) is 3.52. The number of aliphatic hydroxyl groups excluding tert-OH is 1. The zero-order chi connectivity index (χ0) is 15.0. The van der Waals surface area contributed by atoms with E-state index >= 15 is 0 Å². The van der Waals surface area contributed by atoms with Crippen molar-refractivity contribution < 1.29 is 18.6 Å². The maximum atomic E-state index is 12.1. The number of halogens is 2. The number of nitrogen functional groups attached to an aromatic ring is 1. The quantitative estimate of drug-likeness (QED) is 0.436. The molecule has 0 radical (unpaired) electrons. The van der Waals surface area contributed by atoms with Crippen LogP contribution in [-0.4, -0.2) is 24.0 Å². The molecule has 3 N–H and O–H groups in total. The lowest BCUT2D eigenvalue weighted by Crippen LogP contribution is -2.05. The van der Waals surface area contributed by atoms with E-state index in [-0.39, 0.29) is 18.0 Å². The van der Waals surface area contributed by atoms with Crippen LogP contribution in [0.2, 0.25) is 0 Å². The van der Waals surface area contributed by atoms with Gasteiger partial charge in [0.2, 0.25) is 0 Å². The largest absolute Gasteiger partial charge is 0.435 e. The van der Waals surface area contributed by atoms with Crippen LogP contribution in [0.5, 0.6) is 5.75 Å². The van der Waals surface area contributed by atoms with Crippen molar-refractivity contribution in [3.05, 3.63) is 18.2 Å². The fraction of sp³-hybridized carbons (Fsp3) is 0.500. The molecule has 0 aliphatic rings. The van der Waals surface area contributed by atoms with E-state index in [2.05, 4.69) is 16.7 Å². The highest BCUT2D eigenvalue weighted by Crippen LogP contribution is 2.28. The average molecular weight is 286 g/mol. The Hall–Kier alpha value is -1.69. The van der Waals surface area contributed by atoms with Crippen molar-refractivity contribution in [2.75, 3.05) is 12.3 Å². The Morgan fingerprint density at radius 3 is 2.70 bits per heavy atom. The maximum absolute atomic E-state index is 12.1. The number of nitrogens with zero attached hydrogens (tertiary/aromatic N) is 1. The molecule has 0 aromatic heterocycles. The Balaban J connectivity index is 2.79. The Kier molecular flexibility index (Phi) is 6.93. The van der Waals surface area contributed by atoms with Crippen molar-refractivity contribution in [3.63, 3.8) is 0 Å². The summed E-state index contributed by atoms with van der Waals surface area (Å²) in [6.07, 6.45) is 3.79. The molecule has 0 bridgehead atoms. The van der Waals surface area contributed by atoms with Crippen molar-refractivity contribution >= 4 is 17.1 Å². The molecular weight excluding hydrogens is 266 g/mol. The number of nitrogens with two attached hydrogens (primary N) is 1. The van der Waals surface area contributed by atoms with Crippen LogP contribution in [0.25, 0.3) is 0 Å². The second kappa shape index (κ2) is 8.47. The fourth-order valence-electron chi connectivity index (χ4n) is 1.73. The van der Waals surface area contributed by atoms with E-state index in [0.717, 1.165) is 19.3 Å². The third-order valence-corrected chi connectivity index (χ3v) is 2.75. The Bertz CT molecular complexity index is 451. The molecule has 20 heavy (non-hydrogen) atoms. The summed E-state index contributed by atoms with van der Waals surface area (Å²) in [4.78, 5) is 4.27. The van der Waals surface area contributed by atoms with E-state index in [9.17, 15) is 13.9 Å². The summed E-state index contributed by atoms with van der Waals surface area (Å²) >= 11 is 0. The minimum absolute atomic E-state index is 0.00650. The molecule has 0 amide bonds. The molecule has 0 saturated heterocycles. The highest BCUT2D eigenvalue weighted by Gasteiger charge is 2.07. The molecule has 0 heterocycles. The van der Waals surface area contributed by atoms with Crippen LogP contribution in [0.4, 0.5) is 20.2 Å². The highest BCUT2D eigenvalue weighted by molar-refractivity contribution is 5.89. The number of aliphatic imine (C=N–C) groups is 1. The first-order valence-electron chi connectivity index (χ1n) is 6.58. The third kappa shape index (κ3) is 5.52. The Labute approximate surface area is 117 Å². The molecule has 0 saturated carbocycles. The summed E-state index contributed by atoms with van der Waals surface area (Å²) in [5.74, 6) is -0.00650. The van der Waals surface area contributed by atoms with Crippen LogP contribution in [0.3, 0.4) is 0 Å². The first kappa shape index (κ1) is 16.4. The molecule has 6 heteroatoms. The summed E-state index contributed by atoms with van der Waals surface area (Å²) in [5, 5.41) is 9.26. The van der Waals surface area contributed by atoms with E-state index in [1.54, 1.807) is 0 Å². The molecule has 1 rings (SSSR count). The van der Waals surface area contributed by atoms with Crippen LogP contribution in [0.1, 0.15) is 32.6 Å². The lowest BCUT2D eigenvalue weighted by molar-refractivity contribution is -0.0497. The van der Waals surface area contributed by atoms with Gasteiger partial charge in [0.25, 0.3) is 0 Å². The van der Waals surface area contributed by atoms with E-state index < -0.39 is 6.61 Å².